The van der Waals surface area contributed by atoms with Gasteiger partial charge in [0.05, 0.1) is 5.52 Å². The molecule has 6 heteroatoms. The van der Waals surface area contributed by atoms with Crippen LogP contribution in [0.25, 0.3) is 11.1 Å². The highest BCUT2D eigenvalue weighted by Crippen LogP contribution is 2.18. The fourth-order valence-corrected chi connectivity index (χ4v) is 2.16. The molecule has 0 saturated heterocycles. The van der Waals surface area contributed by atoms with Crippen molar-refractivity contribution in [2.75, 3.05) is 13.1 Å². The van der Waals surface area contributed by atoms with E-state index in [-0.39, 0.29) is 12.5 Å². The monoisotopic (exact) mass is 282 g/mol. The number of halogens is 1. The molecule has 0 atom stereocenters. The first kappa shape index (κ1) is 13.7. The molecular weight excluding hydrogens is 268 g/mol. The topological polar surface area (TPSA) is 55.5 Å². The maximum absolute atomic E-state index is 12.0. The van der Waals surface area contributed by atoms with Crippen molar-refractivity contribution >= 4 is 28.6 Å². The molecule has 0 spiro atoms. The van der Waals surface area contributed by atoms with Crippen LogP contribution in [0.4, 0.5) is 0 Å². The molecule has 0 aliphatic heterocycles. The molecule has 1 heterocycles. The Balaban J connectivity index is 2.38. The Morgan fingerprint density at radius 2 is 2.05 bits per heavy atom. The molecule has 0 radical (unpaired) electrons. The van der Waals surface area contributed by atoms with E-state index >= 15 is 0 Å². The van der Waals surface area contributed by atoms with Crippen LogP contribution in [0.5, 0.6) is 0 Å². The summed E-state index contributed by atoms with van der Waals surface area (Å²) in [6.07, 6.45) is 0. The summed E-state index contributed by atoms with van der Waals surface area (Å²) in [5, 5.41) is 0.489. The minimum atomic E-state index is -0.544. The number of amides is 1. The molecule has 102 valence electrons. The summed E-state index contributed by atoms with van der Waals surface area (Å²) in [6.45, 7) is 5.02. The van der Waals surface area contributed by atoms with Gasteiger partial charge in [-0.25, -0.2) is 4.79 Å². The number of rotatable bonds is 4. The van der Waals surface area contributed by atoms with E-state index in [0.29, 0.717) is 29.2 Å². The van der Waals surface area contributed by atoms with Crippen molar-refractivity contribution in [3.8, 4) is 0 Å². The van der Waals surface area contributed by atoms with Crippen LogP contribution in [0.1, 0.15) is 13.8 Å². The minimum Gasteiger partial charge on any atom is -0.408 e. The first-order chi connectivity index (χ1) is 9.06. The van der Waals surface area contributed by atoms with Gasteiger partial charge in [-0.1, -0.05) is 11.6 Å². The summed E-state index contributed by atoms with van der Waals surface area (Å²) in [6, 6.07) is 4.91. The van der Waals surface area contributed by atoms with Crippen molar-refractivity contribution in [1.82, 2.24) is 9.47 Å². The fourth-order valence-electron chi connectivity index (χ4n) is 2.00. The Labute approximate surface area is 115 Å². The molecule has 0 fully saturated rings. The zero-order chi connectivity index (χ0) is 14.0. The van der Waals surface area contributed by atoms with E-state index in [4.69, 9.17) is 16.0 Å². The van der Waals surface area contributed by atoms with E-state index in [1.807, 2.05) is 13.8 Å². The van der Waals surface area contributed by atoms with E-state index in [9.17, 15) is 9.59 Å². The zero-order valence-corrected chi connectivity index (χ0v) is 11.6. The molecule has 1 aromatic heterocycles. The molecule has 0 aliphatic carbocycles. The highest BCUT2D eigenvalue weighted by atomic mass is 35.5. The van der Waals surface area contributed by atoms with Crippen LogP contribution >= 0.6 is 11.6 Å². The molecule has 2 aromatic rings. The van der Waals surface area contributed by atoms with E-state index in [2.05, 4.69) is 0 Å². The molecular formula is C13H15ClN2O3. The number of likely N-dealkylation sites (N-methyl/N-ethyl adjacent to an activating group) is 1. The van der Waals surface area contributed by atoms with E-state index in [1.165, 1.54) is 4.57 Å². The summed E-state index contributed by atoms with van der Waals surface area (Å²) in [4.78, 5) is 25.5. The van der Waals surface area contributed by atoms with Crippen molar-refractivity contribution in [3.63, 3.8) is 0 Å². The average Bonchev–Trinajstić information content (AvgIpc) is 2.66. The van der Waals surface area contributed by atoms with Gasteiger partial charge in [0.2, 0.25) is 5.91 Å². The van der Waals surface area contributed by atoms with Gasteiger partial charge in [0, 0.05) is 24.2 Å². The lowest BCUT2D eigenvalue weighted by Crippen LogP contribution is -2.35. The number of fused-ring (bicyclic) bond motifs is 1. The zero-order valence-electron chi connectivity index (χ0n) is 10.9. The van der Waals surface area contributed by atoms with Gasteiger partial charge in [0.15, 0.2) is 5.58 Å². The quantitative estimate of drug-likeness (QED) is 0.863. The third-order valence-electron chi connectivity index (χ3n) is 3.04. The van der Waals surface area contributed by atoms with Crippen molar-refractivity contribution in [2.45, 2.75) is 20.4 Å². The van der Waals surface area contributed by atoms with Crippen LogP contribution in [-0.4, -0.2) is 28.5 Å². The molecule has 1 aromatic carbocycles. The normalized spacial score (nSPS) is 10.9. The SMILES string of the molecule is CCN(CC)C(=O)Cn1c(=O)oc2cc(Cl)ccc21. The van der Waals surface area contributed by atoms with Crippen LogP contribution in [0.3, 0.4) is 0 Å². The number of aromatic nitrogens is 1. The third kappa shape index (κ3) is 2.66. The van der Waals surface area contributed by atoms with Gasteiger partial charge in [-0.3, -0.25) is 9.36 Å². The third-order valence-corrected chi connectivity index (χ3v) is 3.27. The average molecular weight is 283 g/mol. The predicted molar refractivity (Wildman–Crippen MR) is 73.4 cm³/mol. The number of benzene rings is 1. The maximum Gasteiger partial charge on any atom is 0.420 e. The molecule has 2 rings (SSSR count). The Morgan fingerprint density at radius 3 is 2.68 bits per heavy atom. The Bertz CT molecular complexity index is 655. The molecule has 5 nitrogen and oxygen atoms in total. The first-order valence-corrected chi connectivity index (χ1v) is 6.51. The lowest BCUT2D eigenvalue weighted by molar-refractivity contribution is -0.131. The van der Waals surface area contributed by atoms with Crippen LogP contribution in [-0.2, 0) is 11.3 Å². The van der Waals surface area contributed by atoms with Gasteiger partial charge in [-0.15, -0.1) is 0 Å². The maximum atomic E-state index is 12.0. The highest BCUT2D eigenvalue weighted by Gasteiger charge is 2.16. The fraction of sp³-hybridized carbons (Fsp3) is 0.385. The summed E-state index contributed by atoms with van der Waals surface area (Å²) < 4.78 is 6.41. The summed E-state index contributed by atoms with van der Waals surface area (Å²) >= 11 is 5.83. The van der Waals surface area contributed by atoms with Crippen LogP contribution in [0.15, 0.2) is 27.4 Å². The minimum absolute atomic E-state index is 0.0187. The van der Waals surface area contributed by atoms with E-state index in [1.54, 1.807) is 23.1 Å². The van der Waals surface area contributed by atoms with Crippen molar-refractivity contribution in [2.24, 2.45) is 0 Å². The largest absolute Gasteiger partial charge is 0.420 e. The molecule has 0 aliphatic rings. The lowest BCUT2D eigenvalue weighted by Gasteiger charge is -2.18. The van der Waals surface area contributed by atoms with Crippen LogP contribution in [0.2, 0.25) is 5.02 Å². The number of hydrogen-bond donors (Lipinski definition) is 0. The van der Waals surface area contributed by atoms with Crippen molar-refractivity contribution in [3.05, 3.63) is 33.8 Å². The van der Waals surface area contributed by atoms with Gasteiger partial charge in [0.25, 0.3) is 0 Å². The second kappa shape index (κ2) is 5.48. The number of nitrogens with zero attached hydrogens (tertiary/aromatic N) is 2. The van der Waals surface area contributed by atoms with E-state index < -0.39 is 5.76 Å². The van der Waals surface area contributed by atoms with Gasteiger partial charge in [-0.05, 0) is 26.0 Å². The van der Waals surface area contributed by atoms with Gasteiger partial charge >= 0.3 is 5.76 Å². The van der Waals surface area contributed by atoms with Crippen molar-refractivity contribution < 1.29 is 9.21 Å². The number of hydrogen-bond acceptors (Lipinski definition) is 3. The van der Waals surface area contributed by atoms with Crippen LogP contribution < -0.4 is 5.76 Å². The summed E-state index contributed by atoms with van der Waals surface area (Å²) in [5.41, 5.74) is 0.972. The molecule has 0 saturated carbocycles. The van der Waals surface area contributed by atoms with E-state index in [0.717, 1.165) is 0 Å². The Kier molecular flexibility index (Phi) is 3.95. The smallest absolute Gasteiger partial charge is 0.408 e. The highest BCUT2D eigenvalue weighted by molar-refractivity contribution is 6.31. The van der Waals surface area contributed by atoms with Gasteiger partial charge in [0.1, 0.15) is 6.54 Å². The first-order valence-electron chi connectivity index (χ1n) is 6.13. The molecule has 0 bridgehead atoms. The number of carbonyl (C=O) groups excluding carboxylic acids is 1. The summed E-state index contributed by atoms with van der Waals surface area (Å²) in [5.74, 6) is -0.650. The lowest BCUT2D eigenvalue weighted by atomic mass is 10.3. The predicted octanol–water partition coefficient (Wildman–Crippen LogP) is 2.12. The van der Waals surface area contributed by atoms with Gasteiger partial charge in [-0.2, -0.15) is 0 Å². The molecule has 1 amide bonds. The molecule has 0 unspecified atom stereocenters. The molecule has 19 heavy (non-hydrogen) atoms. The Morgan fingerprint density at radius 1 is 1.37 bits per heavy atom. The van der Waals surface area contributed by atoms with Crippen molar-refractivity contribution in [1.29, 1.82) is 0 Å². The second-order valence-corrected chi connectivity index (χ2v) is 4.57. The summed E-state index contributed by atoms with van der Waals surface area (Å²) in [7, 11) is 0. The Hall–Kier alpha value is -1.75. The number of carbonyl (C=O) groups is 1. The van der Waals surface area contributed by atoms with Crippen LogP contribution in [0, 0.1) is 0 Å². The van der Waals surface area contributed by atoms with Gasteiger partial charge < -0.3 is 9.32 Å². The second-order valence-electron chi connectivity index (χ2n) is 4.13. The molecule has 0 N–H and O–H groups in total. The standard InChI is InChI=1S/C13H15ClN2O3/c1-3-15(4-2)12(17)8-16-10-6-5-9(14)7-11(10)19-13(16)18/h5-7H,3-4,8H2,1-2H3. The number of oxazole rings is 1.